The quantitative estimate of drug-likeness (QED) is 0.138. The lowest BCUT2D eigenvalue weighted by Gasteiger charge is -2.37. The largest absolute Gasteiger partial charge is 1.00 e. The van der Waals surface area contributed by atoms with Crippen molar-refractivity contribution in [3.63, 3.8) is 0 Å². The fourth-order valence-electron chi connectivity index (χ4n) is 4.38. The fraction of sp³-hybridized carbons (Fsp3) is 0.655. The van der Waals surface area contributed by atoms with Crippen molar-refractivity contribution in [3.05, 3.63) is 60.7 Å². The van der Waals surface area contributed by atoms with E-state index in [1.165, 1.54) is 102 Å². The minimum absolute atomic E-state index is 0. The molecule has 0 N–H and O–H groups in total. The molecule has 1 unspecified atom stereocenters. The van der Waals surface area contributed by atoms with Crippen LogP contribution in [0.15, 0.2) is 55.1 Å². The van der Waals surface area contributed by atoms with Crippen LogP contribution < -0.4 is 12.4 Å². The Morgan fingerprint density at radius 1 is 0.742 bits per heavy atom. The Kier molecular flexibility index (Phi) is 19.0. The highest BCUT2D eigenvalue weighted by molar-refractivity contribution is 5.20. The second-order valence-corrected chi connectivity index (χ2v) is 9.53. The summed E-state index contributed by atoms with van der Waals surface area (Å²) in [6.07, 6.45) is 26.1. The van der Waals surface area contributed by atoms with E-state index in [9.17, 15) is 0 Å². The van der Waals surface area contributed by atoms with E-state index in [-0.39, 0.29) is 12.4 Å². The van der Waals surface area contributed by atoms with Gasteiger partial charge in [0.15, 0.2) is 0 Å². The molecule has 0 aliphatic carbocycles. The van der Waals surface area contributed by atoms with E-state index >= 15 is 0 Å². The van der Waals surface area contributed by atoms with E-state index in [2.05, 4.69) is 76.2 Å². The van der Waals surface area contributed by atoms with Gasteiger partial charge in [0.2, 0.25) is 0 Å². The molecule has 0 saturated carbocycles. The number of benzene rings is 1. The van der Waals surface area contributed by atoms with Gasteiger partial charge >= 0.3 is 0 Å². The number of halogens is 1. The van der Waals surface area contributed by atoms with Crippen LogP contribution in [0.25, 0.3) is 0 Å². The second kappa shape index (κ2) is 19.6. The number of hydrogen-bond acceptors (Lipinski definition) is 0. The van der Waals surface area contributed by atoms with Crippen molar-refractivity contribution in [2.24, 2.45) is 0 Å². The zero-order valence-electron chi connectivity index (χ0n) is 20.8. The summed E-state index contributed by atoms with van der Waals surface area (Å²) in [6.45, 7) is 7.61. The first kappa shape index (κ1) is 29.9. The third-order valence-corrected chi connectivity index (χ3v) is 6.36. The number of quaternary nitrogens is 1. The van der Waals surface area contributed by atoms with Gasteiger partial charge in [-0.3, -0.25) is 0 Å². The van der Waals surface area contributed by atoms with Gasteiger partial charge in [-0.25, -0.2) is 0 Å². The number of likely N-dealkylation sites (N-methyl/N-ethyl adjacent to an activating group) is 1. The Balaban J connectivity index is 0.00000900. The van der Waals surface area contributed by atoms with Gasteiger partial charge in [-0.05, 0) is 44.6 Å². The van der Waals surface area contributed by atoms with Crippen molar-refractivity contribution in [1.82, 2.24) is 0 Å². The summed E-state index contributed by atoms with van der Waals surface area (Å²) >= 11 is 0. The monoisotopic (exact) mass is 447 g/mol. The summed E-state index contributed by atoms with van der Waals surface area (Å²) in [4.78, 5) is 0. The van der Waals surface area contributed by atoms with Crippen LogP contribution in [-0.4, -0.2) is 25.1 Å². The van der Waals surface area contributed by atoms with E-state index in [0.717, 1.165) is 4.48 Å². The molecule has 0 heterocycles. The molecule has 1 aromatic carbocycles. The molecule has 0 amide bonds. The first-order valence-electron chi connectivity index (χ1n) is 12.8. The van der Waals surface area contributed by atoms with Gasteiger partial charge in [0.25, 0.3) is 0 Å². The van der Waals surface area contributed by atoms with Gasteiger partial charge < -0.3 is 16.9 Å². The Morgan fingerprint density at radius 2 is 1.23 bits per heavy atom. The minimum Gasteiger partial charge on any atom is -1.00 e. The highest BCUT2D eigenvalue weighted by Crippen LogP contribution is 2.26. The Bertz CT molecular complexity index is 549. The SMILES string of the molecule is C=CC(c1ccccc1)[N+](C)(C)CCCCCCCC/C=C\CCCCCCCC.[Cl-]. The lowest BCUT2D eigenvalue weighted by atomic mass is 10.0. The van der Waals surface area contributed by atoms with Crippen molar-refractivity contribution in [2.75, 3.05) is 20.6 Å². The first-order valence-corrected chi connectivity index (χ1v) is 12.8. The van der Waals surface area contributed by atoms with Crippen molar-refractivity contribution >= 4 is 0 Å². The molecule has 0 radical (unpaired) electrons. The average Bonchev–Trinajstić information content (AvgIpc) is 2.74. The lowest BCUT2D eigenvalue weighted by molar-refractivity contribution is -0.914. The van der Waals surface area contributed by atoms with E-state index in [1.807, 2.05) is 0 Å². The first-order chi connectivity index (χ1) is 14.6. The van der Waals surface area contributed by atoms with Crippen molar-refractivity contribution in [3.8, 4) is 0 Å². The van der Waals surface area contributed by atoms with Crippen molar-refractivity contribution in [2.45, 2.75) is 103 Å². The van der Waals surface area contributed by atoms with Gasteiger partial charge in [0, 0.05) is 5.56 Å². The van der Waals surface area contributed by atoms with Crippen LogP contribution in [0.4, 0.5) is 0 Å². The summed E-state index contributed by atoms with van der Waals surface area (Å²) in [6, 6.07) is 11.2. The normalized spacial score (nSPS) is 12.6. The minimum atomic E-state index is 0. The second-order valence-electron chi connectivity index (χ2n) is 9.53. The van der Waals surface area contributed by atoms with Gasteiger partial charge in [-0.15, -0.1) is 0 Å². The lowest BCUT2D eigenvalue weighted by Crippen LogP contribution is -3.00. The van der Waals surface area contributed by atoms with E-state index < -0.39 is 0 Å². The average molecular weight is 448 g/mol. The summed E-state index contributed by atoms with van der Waals surface area (Å²) in [5.74, 6) is 0. The maximum absolute atomic E-state index is 4.11. The summed E-state index contributed by atoms with van der Waals surface area (Å²) < 4.78 is 0.997. The molecule has 0 spiro atoms. The maximum atomic E-state index is 4.11. The third-order valence-electron chi connectivity index (χ3n) is 6.36. The predicted molar refractivity (Wildman–Crippen MR) is 136 cm³/mol. The standard InChI is InChI=1S/C29H50N.ClH/c1-5-7-8-9-10-11-12-13-14-15-16-17-18-19-20-24-27-30(3,4)29(6-2)28-25-22-21-23-26-28;/h6,13-14,21-23,25-26,29H,2,5,7-12,15-20,24,27H2,1,3-4H3;1H/q+1;/p-1/b14-13-;. The molecule has 178 valence electrons. The van der Waals surface area contributed by atoms with Crippen molar-refractivity contribution in [1.29, 1.82) is 0 Å². The molecule has 0 bridgehead atoms. The van der Waals surface area contributed by atoms with Gasteiger partial charge in [0.1, 0.15) is 6.04 Å². The molecular weight excluding hydrogens is 398 g/mol. The Morgan fingerprint density at radius 3 is 1.74 bits per heavy atom. The molecule has 1 rings (SSSR count). The summed E-state index contributed by atoms with van der Waals surface area (Å²) in [7, 11) is 4.69. The molecule has 1 atom stereocenters. The smallest absolute Gasteiger partial charge is 0.133 e. The predicted octanol–water partition coefficient (Wildman–Crippen LogP) is 6.03. The molecule has 0 aromatic heterocycles. The van der Waals surface area contributed by atoms with Crippen LogP contribution in [0, 0.1) is 0 Å². The molecule has 1 nitrogen and oxygen atoms in total. The molecule has 0 aliphatic heterocycles. The van der Waals surface area contributed by atoms with E-state index in [1.54, 1.807) is 0 Å². The van der Waals surface area contributed by atoms with Gasteiger partial charge in [-0.1, -0.05) is 107 Å². The molecule has 1 aromatic rings. The highest BCUT2D eigenvalue weighted by Gasteiger charge is 2.26. The number of rotatable bonds is 19. The summed E-state index contributed by atoms with van der Waals surface area (Å²) in [5, 5.41) is 0. The molecule has 31 heavy (non-hydrogen) atoms. The molecule has 2 heteroatoms. The highest BCUT2D eigenvalue weighted by atomic mass is 35.5. The topological polar surface area (TPSA) is 0 Å². The van der Waals surface area contributed by atoms with Crippen molar-refractivity contribution < 1.29 is 16.9 Å². The van der Waals surface area contributed by atoms with Crippen LogP contribution >= 0.6 is 0 Å². The van der Waals surface area contributed by atoms with E-state index in [0.29, 0.717) is 6.04 Å². The van der Waals surface area contributed by atoms with Crippen LogP contribution in [-0.2, 0) is 0 Å². The van der Waals surface area contributed by atoms with Crippen LogP contribution in [0.5, 0.6) is 0 Å². The number of unbranched alkanes of at least 4 members (excludes halogenated alkanes) is 12. The van der Waals surface area contributed by atoms with Crippen LogP contribution in [0.1, 0.15) is 108 Å². The molecule has 0 saturated heterocycles. The zero-order valence-corrected chi connectivity index (χ0v) is 21.6. The number of nitrogens with zero attached hydrogens (tertiary/aromatic N) is 1. The zero-order chi connectivity index (χ0) is 21.9. The van der Waals surface area contributed by atoms with E-state index in [4.69, 9.17) is 0 Å². The number of hydrogen-bond donors (Lipinski definition) is 0. The van der Waals surface area contributed by atoms with Crippen LogP contribution in [0.3, 0.4) is 0 Å². The Labute approximate surface area is 201 Å². The third kappa shape index (κ3) is 14.6. The Hall–Kier alpha value is -1.05. The fourth-order valence-corrected chi connectivity index (χ4v) is 4.38. The molecular formula is C29H50ClN. The van der Waals surface area contributed by atoms with Crippen LogP contribution in [0.2, 0.25) is 0 Å². The molecule has 0 aliphatic rings. The maximum Gasteiger partial charge on any atom is 0.133 e. The summed E-state index contributed by atoms with van der Waals surface area (Å²) in [5.41, 5.74) is 1.38. The van der Waals surface area contributed by atoms with Gasteiger partial charge in [-0.2, -0.15) is 0 Å². The molecule has 0 fully saturated rings. The van der Waals surface area contributed by atoms with Gasteiger partial charge in [0.05, 0.1) is 20.6 Å². The number of allylic oxidation sites excluding steroid dienone is 2.